The third kappa shape index (κ3) is 42.1. The fourth-order valence-electron chi connectivity index (χ4n) is 13.5. The lowest BCUT2D eigenvalue weighted by Crippen LogP contribution is -2.49. The van der Waals surface area contributed by atoms with Gasteiger partial charge in [0, 0.05) is 174 Å². The number of benzene rings is 4. The van der Waals surface area contributed by atoms with E-state index in [1.54, 1.807) is 108 Å². The second-order valence-electron chi connectivity index (χ2n) is 38.9. The Hall–Kier alpha value is -11.8. The van der Waals surface area contributed by atoms with Gasteiger partial charge in [0.2, 0.25) is 18.9 Å². The zero-order valence-electron chi connectivity index (χ0n) is 88.2. The van der Waals surface area contributed by atoms with Gasteiger partial charge in [0.1, 0.15) is 23.0 Å². The van der Waals surface area contributed by atoms with Crippen LogP contribution >= 0.6 is 0 Å². The first-order valence-electron chi connectivity index (χ1n) is 47.9. The van der Waals surface area contributed by atoms with Gasteiger partial charge < -0.3 is 95.4 Å². The van der Waals surface area contributed by atoms with Crippen LogP contribution in [-0.4, -0.2) is 314 Å². The Morgan fingerprint density at radius 1 is 0.279 bits per heavy atom. The summed E-state index contributed by atoms with van der Waals surface area (Å²) in [6, 6.07) is 22.3. The number of halogens is 12. The third-order valence-electron chi connectivity index (χ3n) is 22.6. The first kappa shape index (κ1) is 126. The molecule has 4 fully saturated rings. The first-order valence-corrected chi connectivity index (χ1v) is 47.9. The molecular weight excluding hydrogens is 1970 g/mol. The molecule has 4 aromatic carbocycles. The maximum atomic E-state index is 12.9. The summed E-state index contributed by atoms with van der Waals surface area (Å²) >= 11 is 0. The minimum absolute atomic E-state index is 0.112. The van der Waals surface area contributed by atoms with Crippen LogP contribution in [0.5, 0.6) is 23.0 Å². The average Bonchev–Trinajstić information content (AvgIpc) is 0.822. The lowest BCUT2D eigenvalue weighted by atomic mass is 9.97. The molecule has 7 unspecified atom stereocenters. The van der Waals surface area contributed by atoms with Gasteiger partial charge in [-0.1, -0.05) is 62.4 Å². The van der Waals surface area contributed by atoms with Crippen LogP contribution in [0, 0.1) is 39.0 Å². The predicted octanol–water partition coefficient (Wildman–Crippen LogP) is 17.6. The monoisotopic (exact) mass is 2110 g/mol. The number of aryl methyl sites for hydroxylation is 4. The van der Waals surface area contributed by atoms with Crippen LogP contribution < -0.4 is 18.9 Å². The van der Waals surface area contributed by atoms with Crippen molar-refractivity contribution >= 4 is 66.3 Å². The van der Waals surface area contributed by atoms with Crippen molar-refractivity contribution in [3.05, 3.63) is 117 Å². The molecule has 0 bridgehead atoms. The van der Waals surface area contributed by atoms with Gasteiger partial charge in [-0.3, -0.25) is 29.2 Å². The Morgan fingerprint density at radius 2 is 0.490 bits per heavy atom. The lowest BCUT2D eigenvalue weighted by Gasteiger charge is -2.35. The van der Waals surface area contributed by atoms with Gasteiger partial charge in [-0.05, 0) is 192 Å². The predicted molar refractivity (Wildman–Crippen MR) is 507 cm³/mol. The number of piperazine rings is 4. The molecule has 147 heavy (non-hydrogen) atoms. The molecule has 4 amide bonds. The number of ether oxygens (including phenoxy) is 16. The van der Waals surface area contributed by atoms with Gasteiger partial charge >= 0.3 is 91.0 Å². The zero-order valence-corrected chi connectivity index (χ0v) is 88.2. The second-order valence-corrected chi connectivity index (χ2v) is 38.9. The van der Waals surface area contributed by atoms with Gasteiger partial charge in [-0.25, -0.2) is 43.2 Å². The summed E-state index contributed by atoms with van der Waals surface area (Å²) in [6.45, 7) is 46.4. The highest BCUT2D eigenvalue weighted by atomic mass is 19.4. The minimum atomic E-state index is -4.62. The summed E-state index contributed by atoms with van der Waals surface area (Å²) in [5.74, 6) is -2.12. The normalized spacial score (nSPS) is 16.5. The van der Waals surface area contributed by atoms with Gasteiger partial charge in [0.15, 0.2) is 46.8 Å². The number of hydrogen-bond acceptors (Lipinski definition) is 31. The molecule has 4 aliphatic heterocycles. The van der Waals surface area contributed by atoms with Crippen LogP contribution in [0.25, 0.3) is 0 Å². The molecule has 35 nitrogen and oxygen atoms in total. The SMILES string of the molecule is CCOC(=O)C(C)(C)Oc1cc(C)ccc1CN1CCN(C(=O)OC(C)C(F)(F)F)CC1.CCOC(=O)OC(C)OC(=O)C(C)(C)Oc1cc(C)ccc1CN1CCN(C(=O)OC(C)C(F)(F)F)CC1.Cc1ccc(CN2CCN(C(=O)OC(C)C(F)(F)F)CC2)c(OC(C)(C)C(=O)OC(C)OC(=O)C(C)(C)C)c1.Cc1ccc(CN2CCN(C(=O)OC(C)C(F)(F)F)CC2)c(OC(C)(C)C(=O)OC(C)OC(=O)C(C)C)c1. The van der Waals surface area contributed by atoms with Crippen LogP contribution in [0.15, 0.2) is 72.8 Å². The summed E-state index contributed by atoms with van der Waals surface area (Å²) in [4.78, 5) is 147. The molecule has 8 rings (SSSR count). The Balaban J connectivity index is 0.000000346. The van der Waals surface area contributed by atoms with E-state index in [-0.39, 0.29) is 71.5 Å². The molecule has 0 saturated carbocycles. The standard InChI is InChI=1S/C27H39F3N2O7.C26H37F3N2O7.C25H35F3N2O8.C22H31F3N2O5/c1-17-9-10-20(16-31-11-13-32(14-12-31)24(35)36-18(2)27(28,29)30)21(15-17)39-26(7,8)23(34)38-19(3)37-22(33)25(4,5)6;1-16(2)22(32)36-19(5)37-23(33)25(6,7)38-21-14-17(3)8-9-20(21)15-30-10-12-31(13-11-30)24(34)35-18(4)26(27,28)29;1-7-34-23(33)37-18(4)36-21(31)24(5,6)38-20-14-16(2)8-9-19(20)15-29-10-12-30(13-11-29)22(32)35-17(3)25(26,27)28;1-6-30-19(28)21(4,5)32-18-13-15(2)7-8-17(18)14-26-9-11-27(12-10-26)20(29)31-16(3)22(23,24)25/h9-10,15,18-19H,11-14,16H2,1-8H3;8-9,14,16,18-19H,10-13,15H2,1-7H3;8-9,14,17-18H,7,10-13,15H2,1-6H3;7-8,13,16H,6,9-12,14H2,1-5H3. The topological polar surface area (TPSA) is 361 Å². The number of amides is 4. The lowest BCUT2D eigenvalue weighted by molar-refractivity contribution is -0.200. The van der Waals surface area contributed by atoms with Crippen molar-refractivity contribution in [3.63, 3.8) is 0 Å². The Labute approximate surface area is 849 Å². The molecular formula is C100H142F12N8O27. The van der Waals surface area contributed by atoms with Crippen molar-refractivity contribution in [2.24, 2.45) is 11.3 Å². The van der Waals surface area contributed by atoms with Crippen LogP contribution in [0.3, 0.4) is 0 Å². The molecule has 4 aromatic rings. The van der Waals surface area contributed by atoms with Crippen molar-refractivity contribution in [1.82, 2.24) is 39.2 Å². The number of hydrogen-bond donors (Lipinski definition) is 0. The van der Waals surface area contributed by atoms with E-state index in [0.29, 0.717) is 102 Å². The van der Waals surface area contributed by atoms with E-state index in [1.807, 2.05) is 97.0 Å². The van der Waals surface area contributed by atoms with Crippen LogP contribution in [0.1, 0.15) is 197 Å². The first-order chi connectivity index (χ1) is 67.7. The molecule has 4 heterocycles. The molecule has 0 radical (unpaired) electrons. The van der Waals surface area contributed by atoms with Crippen molar-refractivity contribution in [3.8, 4) is 23.0 Å². The van der Waals surface area contributed by atoms with E-state index >= 15 is 0 Å². The highest BCUT2D eigenvalue weighted by Gasteiger charge is 2.47. The van der Waals surface area contributed by atoms with Crippen molar-refractivity contribution in [2.75, 3.05) is 118 Å². The Bertz CT molecular complexity index is 5020. The molecule has 7 atom stereocenters. The molecule has 828 valence electrons. The summed E-state index contributed by atoms with van der Waals surface area (Å²) in [6.07, 6.45) is -35.4. The van der Waals surface area contributed by atoms with E-state index in [1.165, 1.54) is 54.2 Å². The van der Waals surface area contributed by atoms with Crippen LogP contribution in [-0.2, 0) is 112 Å². The van der Waals surface area contributed by atoms with Gasteiger partial charge in [-0.2, -0.15) is 52.7 Å². The van der Waals surface area contributed by atoms with E-state index in [9.17, 15) is 105 Å². The fourth-order valence-corrected chi connectivity index (χ4v) is 13.5. The number of esters is 6. The van der Waals surface area contributed by atoms with Gasteiger partial charge in [-0.15, -0.1) is 0 Å². The van der Waals surface area contributed by atoms with E-state index in [0.717, 1.165) is 72.2 Å². The van der Waals surface area contributed by atoms with Gasteiger partial charge in [0.25, 0.3) is 0 Å². The fraction of sp³-hybridized carbons (Fsp3) is 0.650. The average molecular weight is 2120 g/mol. The summed E-state index contributed by atoms with van der Waals surface area (Å²) < 4.78 is 235. The number of nitrogens with zero attached hydrogens (tertiary/aromatic N) is 8. The van der Waals surface area contributed by atoms with E-state index in [4.69, 9.17) is 52.1 Å². The van der Waals surface area contributed by atoms with Gasteiger partial charge in [0.05, 0.1) is 24.5 Å². The molecule has 0 N–H and O–H groups in total. The number of carbonyl (C=O) groups is 11. The molecule has 0 aromatic heterocycles. The number of carbonyl (C=O) groups excluding carboxylic acids is 11. The van der Waals surface area contributed by atoms with E-state index in [2.05, 4.69) is 28.6 Å². The van der Waals surface area contributed by atoms with Crippen LogP contribution in [0.2, 0.25) is 0 Å². The molecule has 0 spiro atoms. The minimum Gasteiger partial charge on any atom is -0.476 e. The molecule has 4 aliphatic rings. The quantitative estimate of drug-likeness (QED) is 0.0185. The molecule has 47 heteroatoms. The smallest absolute Gasteiger partial charge is 0.476 e. The highest BCUT2D eigenvalue weighted by Crippen LogP contribution is 2.36. The number of alkyl halides is 12. The second kappa shape index (κ2) is 54.4. The Kier molecular flexibility index (Phi) is 46.6. The van der Waals surface area contributed by atoms with Crippen molar-refractivity contribution < 1.29 is 181 Å². The maximum Gasteiger partial charge on any atom is 0.511 e. The third-order valence-corrected chi connectivity index (χ3v) is 22.6. The summed E-state index contributed by atoms with van der Waals surface area (Å²) in [5, 5.41) is 0. The molecule has 4 saturated heterocycles. The highest BCUT2D eigenvalue weighted by molar-refractivity contribution is 5.82. The largest absolute Gasteiger partial charge is 0.511 e. The van der Waals surface area contributed by atoms with Crippen molar-refractivity contribution in [2.45, 2.75) is 297 Å². The van der Waals surface area contributed by atoms with Crippen LogP contribution in [0.4, 0.5) is 76.7 Å². The van der Waals surface area contributed by atoms with Crippen molar-refractivity contribution in [1.29, 1.82) is 0 Å². The Morgan fingerprint density at radius 3 is 0.701 bits per heavy atom. The number of rotatable bonds is 33. The zero-order chi connectivity index (χ0) is 111. The summed E-state index contributed by atoms with van der Waals surface area (Å²) in [5.41, 5.74) is 0.639. The van der Waals surface area contributed by atoms with E-state index < -0.39 is 162 Å². The summed E-state index contributed by atoms with van der Waals surface area (Å²) in [7, 11) is 0. The molecule has 0 aliphatic carbocycles. The maximum absolute atomic E-state index is 12.9.